The Bertz CT molecular complexity index is 807. The first kappa shape index (κ1) is 19.4. The summed E-state index contributed by atoms with van der Waals surface area (Å²) in [5.74, 6) is 1.56. The van der Waals surface area contributed by atoms with Gasteiger partial charge in [0.1, 0.15) is 0 Å². The molecule has 1 fully saturated rings. The number of carbonyl (C=O) groups is 1. The molecule has 7 heteroatoms. The van der Waals surface area contributed by atoms with E-state index < -0.39 is 0 Å². The number of carbonyl (C=O) groups excluding carboxylic acids is 1. The first-order chi connectivity index (χ1) is 14.3. The van der Waals surface area contributed by atoms with Crippen LogP contribution in [0.4, 0.5) is 10.5 Å². The van der Waals surface area contributed by atoms with Gasteiger partial charge in [0.15, 0.2) is 11.5 Å². The maximum Gasteiger partial charge on any atom is 0.314 e. The van der Waals surface area contributed by atoms with Crippen molar-refractivity contribution in [1.82, 2.24) is 15.5 Å². The predicted octanol–water partition coefficient (Wildman–Crippen LogP) is 2.08. The number of anilines is 1. The highest BCUT2D eigenvalue weighted by atomic mass is 16.7. The van der Waals surface area contributed by atoms with Crippen molar-refractivity contribution in [3.63, 3.8) is 0 Å². The number of fused-ring (bicyclic) bond motifs is 1. The van der Waals surface area contributed by atoms with E-state index in [4.69, 9.17) is 9.47 Å². The van der Waals surface area contributed by atoms with Crippen LogP contribution in [0.25, 0.3) is 0 Å². The minimum absolute atomic E-state index is 0.117. The molecule has 0 aliphatic carbocycles. The van der Waals surface area contributed by atoms with Gasteiger partial charge in [0, 0.05) is 51.5 Å². The van der Waals surface area contributed by atoms with Crippen LogP contribution in [0.2, 0.25) is 0 Å². The molecule has 2 aromatic carbocycles. The summed E-state index contributed by atoms with van der Waals surface area (Å²) in [5, 5.41) is 5.87. The summed E-state index contributed by atoms with van der Waals surface area (Å²) in [4.78, 5) is 16.8. The number of ether oxygens (including phenoxy) is 2. The van der Waals surface area contributed by atoms with Crippen molar-refractivity contribution in [3.05, 3.63) is 54.1 Å². The number of para-hydroxylation sites is 1. The minimum atomic E-state index is -0.117. The molecule has 4 rings (SSSR count). The van der Waals surface area contributed by atoms with E-state index in [0.717, 1.165) is 56.2 Å². The quantitative estimate of drug-likeness (QED) is 0.750. The summed E-state index contributed by atoms with van der Waals surface area (Å²) in [6, 6.07) is 16.3. The zero-order valence-electron chi connectivity index (χ0n) is 16.6. The molecule has 2 aliphatic heterocycles. The molecule has 2 aromatic rings. The number of nitrogens with one attached hydrogen (secondary N) is 2. The van der Waals surface area contributed by atoms with E-state index in [2.05, 4.69) is 44.7 Å². The molecular formula is C22H28N4O3. The molecule has 154 valence electrons. The zero-order chi connectivity index (χ0) is 19.9. The Hall–Kier alpha value is -2.93. The molecule has 0 spiro atoms. The summed E-state index contributed by atoms with van der Waals surface area (Å²) in [6.07, 6.45) is 0.755. The lowest BCUT2D eigenvalue weighted by atomic mass is 10.1. The Morgan fingerprint density at radius 1 is 0.897 bits per heavy atom. The summed E-state index contributed by atoms with van der Waals surface area (Å²) >= 11 is 0. The first-order valence-corrected chi connectivity index (χ1v) is 10.2. The van der Waals surface area contributed by atoms with Gasteiger partial charge in [-0.3, -0.25) is 4.90 Å². The molecule has 1 saturated heterocycles. The highest BCUT2D eigenvalue weighted by Gasteiger charge is 2.17. The lowest BCUT2D eigenvalue weighted by Crippen LogP contribution is -2.49. The molecule has 2 heterocycles. The molecule has 7 nitrogen and oxygen atoms in total. The Labute approximate surface area is 171 Å². The molecular weight excluding hydrogens is 368 g/mol. The monoisotopic (exact) mass is 396 g/mol. The number of hydrogen-bond acceptors (Lipinski definition) is 5. The molecule has 29 heavy (non-hydrogen) atoms. The van der Waals surface area contributed by atoms with E-state index in [9.17, 15) is 4.79 Å². The molecule has 0 bridgehead atoms. The van der Waals surface area contributed by atoms with Gasteiger partial charge in [0.25, 0.3) is 0 Å². The van der Waals surface area contributed by atoms with Crippen LogP contribution < -0.4 is 25.0 Å². The molecule has 0 radical (unpaired) electrons. The van der Waals surface area contributed by atoms with Gasteiger partial charge in [-0.25, -0.2) is 4.79 Å². The Morgan fingerprint density at radius 3 is 2.48 bits per heavy atom. The van der Waals surface area contributed by atoms with Gasteiger partial charge >= 0.3 is 6.03 Å². The van der Waals surface area contributed by atoms with Crippen molar-refractivity contribution in [3.8, 4) is 11.5 Å². The second-order valence-corrected chi connectivity index (χ2v) is 7.28. The fraction of sp³-hybridized carbons (Fsp3) is 0.409. The minimum Gasteiger partial charge on any atom is -0.454 e. The number of urea groups is 1. The maximum absolute atomic E-state index is 12.0. The fourth-order valence-electron chi connectivity index (χ4n) is 3.68. The van der Waals surface area contributed by atoms with Crippen molar-refractivity contribution in [2.75, 3.05) is 57.5 Å². The van der Waals surface area contributed by atoms with E-state index >= 15 is 0 Å². The third kappa shape index (κ3) is 5.32. The number of hydrogen-bond donors (Lipinski definition) is 2. The normalized spacial score (nSPS) is 15.9. The molecule has 2 N–H and O–H groups in total. The van der Waals surface area contributed by atoms with Gasteiger partial charge in [-0.05, 0) is 36.2 Å². The van der Waals surface area contributed by atoms with Crippen LogP contribution in [0, 0.1) is 0 Å². The van der Waals surface area contributed by atoms with Gasteiger partial charge in [0.2, 0.25) is 6.79 Å². The summed E-state index contributed by atoms with van der Waals surface area (Å²) in [5.41, 5.74) is 2.40. The molecule has 0 unspecified atom stereocenters. The SMILES string of the molecule is O=C(NCCc1ccc2c(c1)OCO2)NCCN1CCN(c2ccccc2)CC1. The van der Waals surface area contributed by atoms with Crippen LogP contribution in [0.3, 0.4) is 0 Å². The molecule has 2 amide bonds. The predicted molar refractivity (Wildman–Crippen MR) is 113 cm³/mol. The van der Waals surface area contributed by atoms with Gasteiger partial charge in [0.05, 0.1) is 0 Å². The Morgan fingerprint density at radius 2 is 1.66 bits per heavy atom. The Balaban J connectivity index is 1.09. The fourth-order valence-corrected chi connectivity index (χ4v) is 3.68. The largest absolute Gasteiger partial charge is 0.454 e. The second kappa shape index (κ2) is 9.52. The molecule has 2 aliphatic rings. The number of amides is 2. The number of piperazine rings is 1. The zero-order valence-corrected chi connectivity index (χ0v) is 16.6. The van der Waals surface area contributed by atoms with Crippen molar-refractivity contribution < 1.29 is 14.3 Å². The van der Waals surface area contributed by atoms with Crippen molar-refractivity contribution in [2.45, 2.75) is 6.42 Å². The van der Waals surface area contributed by atoms with Crippen LogP contribution in [-0.4, -0.2) is 63.5 Å². The van der Waals surface area contributed by atoms with E-state index in [0.29, 0.717) is 13.1 Å². The van der Waals surface area contributed by atoms with E-state index in [1.54, 1.807) is 0 Å². The van der Waals surface area contributed by atoms with Crippen LogP contribution in [0.1, 0.15) is 5.56 Å². The molecule has 0 aromatic heterocycles. The van der Waals surface area contributed by atoms with Crippen LogP contribution in [0.15, 0.2) is 48.5 Å². The summed E-state index contributed by atoms with van der Waals surface area (Å²) < 4.78 is 10.7. The second-order valence-electron chi connectivity index (χ2n) is 7.28. The van der Waals surface area contributed by atoms with Gasteiger partial charge < -0.3 is 25.0 Å². The van der Waals surface area contributed by atoms with Crippen molar-refractivity contribution in [2.24, 2.45) is 0 Å². The first-order valence-electron chi connectivity index (χ1n) is 10.2. The summed E-state index contributed by atoms with van der Waals surface area (Å²) in [7, 11) is 0. The highest BCUT2D eigenvalue weighted by molar-refractivity contribution is 5.73. The lowest BCUT2D eigenvalue weighted by Gasteiger charge is -2.36. The van der Waals surface area contributed by atoms with E-state index in [-0.39, 0.29) is 12.8 Å². The Kier molecular flexibility index (Phi) is 6.36. The van der Waals surface area contributed by atoms with Gasteiger partial charge in [-0.2, -0.15) is 0 Å². The number of rotatable bonds is 7. The lowest BCUT2D eigenvalue weighted by molar-refractivity contribution is 0.174. The standard InChI is InChI=1S/C22H28N4O3/c27-22(23-9-8-18-6-7-20-21(16-18)29-17-28-20)24-10-11-25-12-14-26(15-13-25)19-4-2-1-3-5-19/h1-7,16H,8-15,17H2,(H2,23,24,27). The third-order valence-electron chi connectivity index (χ3n) is 5.34. The maximum atomic E-state index is 12.0. The highest BCUT2D eigenvalue weighted by Crippen LogP contribution is 2.32. The van der Waals surface area contributed by atoms with Crippen LogP contribution >= 0.6 is 0 Å². The molecule has 0 atom stereocenters. The van der Waals surface area contributed by atoms with Crippen LogP contribution in [-0.2, 0) is 6.42 Å². The topological polar surface area (TPSA) is 66.1 Å². The van der Waals surface area contributed by atoms with Crippen molar-refractivity contribution in [1.29, 1.82) is 0 Å². The summed E-state index contributed by atoms with van der Waals surface area (Å²) in [6.45, 7) is 6.46. The van der Waals surface area contributed by atoms with E-state index in [1.165, 1.54) is 5.69 Å². The smallest absolute Gasteiger partial charge is 0.314 e. The van der Waals surface area contributed by atoms with E-state index in [1.807, 2.05) is 24.3 Å². The van der Waals surface area contributed by atoms with Crippen molar-refractivity contribution >= 4 is 11.7 Å². The third-order valence-corrected chi connectivity index (χ3v) is 5.34. The van der Waals surface area contributed by atoms with Crippen LogP contribution in [0.5, 0.6) is 11.5 Å². The average molecular weight is 396 g/mol. The van der Waals surface area contributed by atoms with Gasteiger partial charge in [-0.15, -0.1) is 0 Å². The average Bonchev–Trinajstić information content (AvgIpc) is 3.23. The van der Waals surface area contributed by atoms with Gasteiger partial charge in [-0.1, -0.05) is 24.3 Å². The number of benzene rings is 2. The molecule has 0 saturated carbocycles. The number of nitrogens with zero attached hydrogens (tertiary/aromatic N) is 2.